The van der Waals surface area contributed by atoms with E-state index in [0.717, 1.165) is 6.42 Å². The maximum Gasteiger partial charge on any atom is 0.251 e. The van der Waals surface area contributed by atoms with Gasteiger partial charge in [0.1, 0.15) is 5.75 Å². The molecule has 1 aromatic rings. The molecule has 0 aliphatic heterocycles. The van der Waals surface area contributed by atoms with Crippen LogP contribution in [-0.2, 0) is 0 Å². The van der Waals surface area contributed by atoms with Crippen LogP contribution in [0.1, 0.15) is 37.6 Å². The molecule has 0 spiro atoms. The van der Waals surface area contributed by atoms with E-state index >= 15 is 0 Å². The van der Waals surface area contributed by atoms with E-state index in [2.05, 4.69) is 11.4 Å². The molecule has 0 saturated carbocycles. The quantitative estimate of drug-likeness (QED) is 0.858. The van der Waals surface area contributed by atoms with Crippen molar-refractivity contribution in [3.63, 3.8) is 0 Å². The Balaban J connectivity index is 0.00000172. The highest BCUT2D eigenvalue weighted by molar-refractivity contribution is 8.02. The van der Waals surface area contributed by atoms with E-state index in [1.54, 1.807) is 31.0 Å². The highest BCUT2D eigenvalue weighted by Crippen LogP contribution is 2.15. The number of thioether (sulfide) groups is 1. The van der Waals surface area contributed by atoms with Gasteiger partial charge in [0.05, 0.1) is 7.11 Å². The van der Waals surface area contributed by atoms with Crippen LogP contribution < -0.4 is 10.1 Å². The molecule has 0 bridgehead atoms. The van der Waals surface area contributed by atoms with Crippen molar-refractivity contribution in [1.82, 2.24) is 5.32 Å². The fraction of sp³-hybridized carbons (Fsp3) is 0.438. The van der Waals surface area contributed by atoms with Crippen LogP contribution >= 0.6 is 11.8 Å². The van der Waals surface area contributed by atoms with Crippen molar-refractivity contribution < 1.29 is 9.53 Å². The normalized spacial score (nSPS) is 10.3. The smallest absolute Gasteiger partial charge is 0.251 e. The monoisotopic (exact) mass is 295 g/mol. The summed E-state index contributed by atoms with van der Waals surface area (Å²) < 4.78 is 5.09. The minimum Gasteiger partial charge on any atom is -0.497 e. The number of nitrogens with one attached hydrogen (secondary N) is 1. The van der Waals surface area contributed by atoms with Crippen molar-refractivity contribution >= 4 is 17.7 Å². The number of methoxy groups -OCH3 is 1. The third-order valence-corrected chi connectivity index (χ3v) is 3.54. The molecule has 0 unspecified atom stereocenters. The van der Waals surface area contributed by atoms with E-state index in [9.17, 15) is 4.79 Å². The number of carbonyl (C=O) groups excluding carboxylic acids is 1. The standard InChI is InChI=1S/C14H19NO2S.C2H6/c1-4-13(18-3)8-9-15-14(16)11-6-5-7-12(10-11)17-2;1-2/h4-7,10H,8-9H2,1-3H3,(H,15,16);1-2H3/b13-4-;. The van der Waals surface area contributed by atoms with E-state index in [1.807, 2.05) is 39.2 Å². The van der Waals surface area contributed by atoms with Gasteiger partial charge in [0.25, 0.3) is 5.91 Å². The number of benzene rings is 1. The number of hydrogen-bond acceptors (Lipinski definition) is 3. The second-order valence-electron chi connectivity index (χ2n) is 3.70. The molecule has 0 saturated heterocycles. The highest BCUT2D eigenvalue weighted by atomic mass is 32.2. The molecule has 0 heterocycles. The summed E-state index contributed by atoms with van der Waals surface area (Å²) in [6.45, 7) is 6.66. The SMILES string of the molecule is C/C=C(/CCNC(=O)c1cccc(OC)c1)SC.CC. The Morgan fingerprint density at radius 2 is 2.10 bits per heavy atom. The van der Waals surface area contributed by atoms with Crippen LogP contribution in [0.2, 0.25) is 0 Å². The lowest BCUT2D eigenvalue weighted by Gasteiger charge is -2.07. The van der Waals surface area contributed by atoms with Crippen LogP contribution in [0.4, 0.5) is 0 Å². The summed E-state index contributed by atoms with van der Waals surface area (Å²) in [4.78, 5) is 13.2. The maximum atomic E-state index is 11.9. The number of allylic oxidation sites excluding steroid dienone is 1. The number of carbonyl (C=O) groups is 1. The fourth-order valence-electron chi connectivity index (χ4n) is 1.53. The van der Waals surface area contributed by atoms with E-state index in [4.69, 9.17) is 4.74 Å². The van der Waals surface area contributed by atoms with Crippen LogP contribution in [0.3, 0.4) is 0 Å². The maximum absolute atomic E-state index is 11.9. The molecule has 20 heavy (non-hydrogen) atoms. The summed E-state index contributed by atoms with van der Waals surface area (Å²) in [5.74, 6) is 0.631. The molecule has 4 heteroatoms. The Kier molecular flexibility index (Phi) is 10.6. The second-order valence-corrected chi connectivity index (χ2v) is 4.63. The van der Waals surface area contributed by atoms with Gasteiger partial charge in [-0.05, 0) is 42.7 Å². The number of hydrogen-bond donors (Lipinski definition) is 1. The highest BCUT2D eigenvalue weighted by Gasteiger charge is 2.05. The molecule has 1 aromatic carbocycles. The van der Waals surface area contributed by atoms with Gasteiger partial charge in [0, 0.05) is 12.1 Å². The van der Waals surface area contributed by atoms with Crippen LogP contribution in [0, 0.1) is 0 Å². The van der Waals surface area contributed by atoms with Crippen LogP contribution in [0.25, 0.3) is 0 Å². The van der Waals surface area contributed by atoms with Crippen LogP contribution in [0.5, 0.6) is 5.75 Å². The zero-order valence-electron chi connectivity index (χ0n) is 13.0. The van der Waals surface area contributed by atoms with Gasteiger partial charge in [-0.25, -0.2) is 0 Å². The third-order valence-electron chi connectivity index (χ3n) is 2.57. The van der Waals surface area contributed by atoms with Crippen molar-refractivity contribution in [2.45, 2.75) is 27.2 Å². The topological polar surface area (TPSA) is 38.3 Å². The summed E-state index contributed by atoms with van der Waals surface area (Å²) in [7, 11) is 1.59. The zero-order valence-corrected chi connectivity index (χ0v) is 13.8. The van der Waals surface area contributed by atoms with Crippen molar-refractivity contribution in [3.8, 4) is 5.75 Å². The van der Waals surface area contributed by atoms with E-state index in [-0.39, 0.29) is 5.91 Å². The molecule has 0 atom stereocenters. The van der Waals surface area contributed by atoms with Crippen LogP contribution in [0.15, 0.2) is 35.2 Å². The Morgan fingerprint density at radius 1 is 1.40 bits per heavy atom. The Labute approximate surface area is 126 Å². The number of ether oxygens (including phenoxy) is 1. The molecule has 0 radical (unpaired) electrons. The van der Waals surface area contributed by atoms with Crippen molar-refractivity contribution in [3.05, 3.63) is 40.8 Å². The first-order valence-corrected chi connectivity index (χ1v) is 8.05. The molecule has 0 aliphatic rings. The summed E-state index contributed by atoms with van der Waals surface area (Å²) in [6.07, 6.45) is 4.98. The molecular formula is C16H25NO2S. The van der Waals surface area contributed by atoms with E-state index < -0.39 is 0 Å². The lowest BCUT2D eigenvalue weighted by atomic mass is 10.2. The first-order valence-electron chi connectivity index (χ1n) is 6.82. The molecule has 0 aromatic heterocycles. The van der Waals surface area contributed by atoms with Crippen molar-refractivity contribution in [2.24, 2.45) is 0 Å². The molecule has 0 aliphatic carbocycles. The molecule has 1 rings (SSSR count). The lowest BCUT2D eigenvalue weighted by molar-refractivity contribution is 0.0954. The molecule has 1 amide bonds. The van der Waals surface area contributed by atoms with Crippen molar-refractivity contribution in [1.29, 1.82) is 0 Å². The first kappa shape index (κ1) is 18.6. The van der Waals surface area contributed by atoms with Gasteiger partial charge in [-0.2, -0.15) is 0 Å². The predicted molar refractivity (Wildman–Crippen MR) is 88.6 cm³/mol. The summed E-state index contributed by atoms with van der Waals surface area (Å²) >= 11 is 1.71. The largest absolute Gasteiger partial charge is 0.497 e. The summed E-state index contributed by atoms with van der Waals surface area (Å²) in [6, 6.07) is 7.15. The second kappa shape index (κ2) is 11.4. The van der Waals surface area contributed by atoms with Gasteiger partial charge in [-0.15, -0.1) is 11.8 Å². The first-order chi connectivity index (χ1) is 9.71. The fourth-order valence-corrected chi connectivity index (χ4v) is 2.07. The summed E-state index contributed by atoms with van der Waals surface area (Å²) in [5, 5.41) is 2.90. The Bertz CT molecular complexity index is 430. The average molecular weight is 295 g/mol. The van der Waals surface area contributed by atoms with Crippen LogP contribution in [-0.4, -0.2) is 25.8 Å². The van der Waals surface area contributed by atoms with Gasteiger partial charge in [0.15, 0.2) is 0 Å². The van der Waals surface area contributed by atoms with Crippen molar-refractivity contribution in [2.75, 3.05) is 19.9 Å². The van der Waals surface area contributed by atoms with E-state index in [0.29, 0.717) is 17.9 Å². The van der Waals surface area contributed by atoms with E-state index in [1.165, 1.54) is 4.91 Å². The Hall–Kier alpha value is -1.42. The van der Waals surface area contributed by atoms with Gasteiger partial charge in [0.2, 0.25) is 0 Å². The number of rotatable bonds is 6. The predicted octanol–water partition coefficient (Wildman–Crippen LogP) is 4.11. The van der Waals surface area contributed by atoms with Gasteiger partial charge < -0.3 is 10.1 Å². The third kappa shape index (κ3) is 6.66. The lowest BCUT2D eigenvalue weighted by Crippen LogP contribution is -2.24. The molecule has 3 nitrogen and oxygen atoms in total. The average Bonchev–Trinajstić information content (AvgIpc) is 2.53. The molecule has 112 valence electrons. The zero-order chi connectivity index (χ0) is 15.4. The van der Waals surface area contributed by atoms with Gasteiger partial charge >= 0.3 is 0 Å². The summed E-state index contributed by atoms with van der Waals surface area (Å²) in [5.41, 5.74) is 0.625. The molecule has 0 fully saturated rings. The minimum atomic E-state index is -0.0644. The molecular weight excluding hydrogens is 270 g/mol. The minimum absolute atomic E-state index is 0.0644. The van der Waals surface area contributed by atoms with Gasteiger partial charge in [-0.3, -0.25) is 4.79 Å². The Morgan fingerprint density at radius 3 is 2.65 bits per heavy atom. The van der Waals surface area contributed by atoms with Gasteiger partial charge in [-0.1, -0.05) is 26.0 Å². The molecule has 1 N–H and O–H groups in total. The number of amides is 1.